The van der Waals surface area contributed by atoms with Crippen LogP contribution in [0.4, 0.5) is 0 Å². The Morgan fingerprint density at radius 3 is 2.79 bits per heavy atom. The van der Waals surface area contributed by atoms with Crippen LogP contribution in [0.5, 0.6) is 0 Å². The number of tetrazole rings is 1. The van der Waals surface area contributed by atoms with Crippen molar-refractivity contribution in [2.24, 2.45) is 0 Å². The number of aromatic nitrogens is 7. The van der Waals surface area contributed by atoms with Crippen LogP contribution in [0.2, 0.25) is 0 Å². The highest BCUT2D eigenvalue weighted by atomic mass is 32.2. The highest BCUT2D eigenvalue weighted by Crippen LogP contribution is 2.29. The molecule has 0 saturated carbocycles. The van der Waals surface area contributed by atoms with E-state index < -0.39 is 0 Å². The molecule has 10 heteroatoms. The second kappa shape index (κ2) is 11.0. The van der Waals surface area contributed by atoms with E-state index in [2.05, 4.69) is 47.7 Å². The number of nitrogens with zero attached hydrogens (tertiary/aromatic N) is 7. The van der Waals surface area contributed by atoms with Crippen molar-refractivity contribution in [2.75, 3.05) is 12.4 Å². The molecule has 33 heavy (non-hydrogen) atoms. The van der Waals surface area contributed by atoms with Crippen molar-refractivity contribution < 1.29 is 4.74 Å². The van der Waals surface area contributed by atoms with Gasteiger partial charge in [0.25, 0.3) is 0 Å². The first kappa shape index (κ1) is 22.2. The molecule has 0 radical (unpaired) electrons. The molecule has 0 amide bonds. The summed E-state index contributed by atoms with van der Waals surface area (Å²) in [5.41, 5.74) is 0.995. The van der Waals surface area contributed by atoms with E-state index in [4.69, 9.17) is 4.74 Å². The van der Waals surface area contributed by atoms with E-state index in [0.717, 1.165) is 79.0 Å². The lowest BCUT2D eigenvalue weighted by atomic mass is 10.2. The van der Waals surface area contributed by atoms with Crippen molar-refractivity contribution in [1.82, 2.24) is 35.0 Å². The minimum atomic E-state index is 0.259. The molecular weight excluding hydrogens is 454 g/mol. The Kier molecular flexibility index (Phi) is 7.44. The van der Waals surface area contributed by atoms with E-state index in [1.54, 1.807) is 27.9 Å². The van der Waals surface area contributed by atoms with Crippen molar-refractivity contribution in [2.45, 2.75) is 56.5 Å². The number of thioether (sulfide) groups is 1. The fourth-order valence-electron chi connectivity index (χ4n) is 3.88. The van der Waals surface area contributed by atoms with Crippen molar-refractivity contribution in [3.05, 3.63) is 47.8 Å². The Morgan fingerprint density at radius 2 is 1.97 bits per heavy atom. The molecule has 4 aromatic rings. The van der Waals surface area contributed by atoms with Gasteiger partial charge in [-0.2, -0.15) is 4.80 Å². The van der Waals surface area contributed by atoms with Crippen LogP contribution in [0.15, 0.2) is 53.0 Å². The summed E-state index contributed by atoms with van der Waals surface area (Å²) in [6.45, 7) is 2.46. The van der Waals surface area contributed by atoms with E-state index in [1.165, 1.54) is 0 Å². The summed E-state index contributed by atoms with van der Waals surface area (Å²) in [4.78, 5) is 2.85. The van der Waals surface area contributed by atoms with Crippen LogP contribution < -0.4 is 0 Å². The highest BCUT2D eigenvalue weighted by Gasteiger charge is 2.22. The summed E-state index contributed by atoms with van der Waals surface area (Å²) in [6.07, 6.45) is 5.73. The Balaban J connectivity index is 1.10. The second-order valence-electron chi connectivity index (χ2n) is 8.01. The van der Waals surface area contributed by atoms with E-state index in [-0.39, 0.29) is 6.10 Å². The molecule has 3 aromatic heterocycles. The topological polar surface area (TPSA) is 83.5 Å². The van der Waals surface area contributed by atoms with Crippen molar-refractivity contribution in [3.8, 4) is 22.1 Å². The first-order chi connectivity index (χ1) is 16.4. The van der Waals surface area contributed by atoms with Gasteiger partial charge in [-0.25, -0.2) is 0 Å². The lowest BCUT2D eigenvalue weighted by molar-refractivity contribution is 0.0953. The molecule has 4 heterocycles. The fraction of sp³-hybridized carbons (Fsp3) is 0.435. The number of ether oxygens (including phenoxy) is 1. The van der Waals surface area contributed by atoms with E-state index in [1.807, 2.05) is 30.3 Å². The number of thiophene rings is 1. The van der Waals surface area contributed by atoms with Crippen LogP contribution in [0.3, 0.4) is 0 Å². The van der Waals surface area contributed by atoms with Gasteiger partial charge in [-0.15, -0.1) is 31.7 Å². The van der Waals surface area contributed by atoms with Gasteiger partial charge in [0, 0.05) is 17.9 Å². The van der Waals surface area contributed by atoms with E-state index in [9.17, 15) is 0 Å². The molecule has 1 saturated heterocycles. The summed E-state index contributed by atoms with van der Waals surface area (Å²) in [6, 6.07) is 14.1. The second-order valence-corrected chi connectivity index (χ2v) is 10.0. The Bertz CT molecular complexity index is 1120. The number of hydrogen-bond acceptors (Lipinski definition) is 8. The maximum Gasteiger partial charge on any atom is 0.204 e. The third kappa shape index (κ3) is 5.69. The number of benzene rings is 1. The third-order valence-corrected chi connectivity index (χ3v) is 7.51. The number of aryl methyl sites for hydroxylation is 1. The average Bonchev–Trinajstić information content (AvgIpc) is 3.66. The molecule has 1 aliphatic rings. The van der Waals surface area contributed by atoms with Gasteiger partial charge in [-0.05, 0) is 42.3 Å². The van der Waals surface area contributed by atoms with Crippen molar-refractivity contribution in [3.63, 3.8) is 0 Å². The molecule has 0 aliphatic carbocycles. The molecule has 1 atom stereocenters. The third-order valence-electron chi connectivity index (χ3n) is 5.59. The quantitative estimate of drug-likeness (QED) is 0.225. The average molecular weight is 482 g/mol. The molecule has 1 aromatic carbocycles. The van der Waals surface area contributed by atoms with Gasteiger partial charge in [0.05, 0.1) is 24.1 Å². The monoisotopic (exact) mass is 481 g/mol. The minimum Gasteiger partial charge on any atom is -0.376 e. The Hall–Kier alpha value is -2.56. The standard InChI is InChI=1S/C23H27N7OS2/c1-3-9-18(10-4-1)21-24-28-30(27-21)13-5-2-6-15-33-23-26-25-22(20-12-8-16-32-20)29(23)17-19-11-7-14-31-19/h1,3-4,8-10,12,16,19H,2,5-7,11,13-15,17H2. The first-order valence-electron chi connectivity index (χ1n) is 11.4. The largest absolute Gasteiger partial charge is 0.376 e. The summed E-state index contributed by atoms with van der Waals surface area (Å²) >= 11 is 3.49. The molecule has 0 N–H and O–H groups in total. The molecule has 1 fully saturated rings. The molecule has 1 aliphatic heterocycles. The number of unbranched alkanes of at least 4 members (excludes halogenated alkanes) is 2. The minimum absolute atomic E-state index is 0.259. The highest BCUT2D eigenvalue weighted by molar-refractivity contribution is 7.99. The van der Waals surface area contributed by atoms with E-state index >= 15 is 0 Å². The van der Waals surface area contributed by atoms with Crippen LogP contribution in [0.1, 0.15) is 32.1 Å². The zero-order chi connectivity index (χ0) is 22.3. The SMILES string of the molecule is c1ccc(-c2nnn(CCCCCSc3nnc(-c4cccs4)n3CC3CCCO3)n2)cc1. The zero-order valence-electron chi connectivity index (χ0n) is 18.4. The summed E-state index contributed by atoms with van der Waals surface area (Å²) in [5.74, 6) is 2.64. The predicted octanol–water partition coefficient (Wildman–Crippen LogP) is 4.80. The van der Waals surface area contributed by atoms with Crippen molar-refractivity contribution in [1.29, 1.82) is 0 Å². The van der Waals surface area contributed by atoms with Gasteiger partial charge < -0.3 is 4.74 Å². The van der Waals surface area contributed by atoms with Crippen LogP contribution in [0.25, 0.3) is 22.1 Å². The summed E-state index contributed by atoms with van der Waals surface area (Å²) in [5, 5.41) is 24.9. The van der Waals surface area contributed by atoms with Crippen molar-refractivity contribution >= 4 is 23.1 Å². The lowest BCUT2D eigenvalue weighted by Crippen LogP contribution is -2.16. The molecule has 1 unspecified atom stereocenters. The van der Waals surface area contributed by atoms with Crippen LogP contribution >= 0.6 is 23.1 Å². The van der Waals surface area contributed by atoms with Gasteiger partial charge in [-0.1, -0.05) is 54.6 Å². The van der Waals surface area contributed by atoms with Gasteiger partial charge in [0.2, 0.25) is 5.82 Å². The number of hydrogen-bond donors (Lipinski definition) is 0. The molecule has 8 nitrogen and oxygen atoms in total. The normalized spacial score (nSPS) is 15.9. The molecular formula is C23H27N7OS2. The van der Waals surface area contributed by atoms with Crippen LogP contribution in [-0.2, 0) is 17.8 Å². The number of rotatable bonds is 11. The van der Waals surface area contributed by atoms with Crippen LogP contribution in [0, 0.1) is 0 Å². The lowest BCUT2D eigenvalue weighted by Gasteiger charge is -2.14. The zero-order valence-corrected chi connectivity index (χ0v) is 20.0. The van der Waals surface area contributed by atoms with Gasteiger partial charge >= 0.3 is 0 Å². The molecule has 172 valence electrons. The summed E-state index contributed by atoms with van der Waals surface area (Å²) in [7, 11) is 0. The summed E-state index contributed by atoms with van der Waals surface area (Å²) < 4.78 is 8.13. The maximum atomic E-state index is 5.88. The van der Waals surface area contributed by atoms with E-state index in [0.29, 0.717) is 5.82 Å². The van der Waals surface area contributed by atoms with Gasteiger partial charge in [0.15, 0.2) is 11.0 Å². The predicted molar refractivity (Wildman–Crippen MR) is 130 cm³/mol. The molecule has 5 rings (SSSR count). The van der Waals surface area contributed by atoms with Gasteiger partial charge in [-0.3, -0.25) is 4.57 Å². The fourth-order valence-corrected chi connectivity index (χ4v) is 5.54. The molecule has 0 bridgehead atoms. The van der Waals surface area contributed by atoms with Crippen LogP contribution in [-0.4, -0.2) is 53.4 Å². The smallest absolute Gasteiger partial charge is 0.204 e. The first-order valence-corrected chi connectivity index (χ1v) is 13.3. The van der Waals surface area contributed by atoms with Gasteiger partial charge in [0.1, 0.15) is 0 Å². The Labute approximate surface area is 201 Å². The Morgan fingerprint density at radius 1 is 1.03 bits per heavy atom. The molecule has 0 spiro atoms. The maximum absolute atomic E-state index is 5.88.